The smallest absolute Gasteiger partial charge is 0.307 e. The van der Waals surface area contributed by atoms with Crippen LogP contribution in [0.3, 0.4) is 0 Å². The molecular formula is C17H22N4O3S2. The molecule has 1 aliphatic carbocycles. The van der Waals surface area contributed by atoms with Gasteiger partial charge in [-0.2, -0.15) is 0 Å². The lowest BCUT2D eigenvalue weighted by Gasteiger charge is -2.08. The van der Waals surface area contributed by atoms with Crippen molar-refractivity contribution in [2.45, 2.75) is 50.0 Å². The van der Waals surface area contributed by atoms with Crippen LogP contribution >= 0.6 is 23.1 Å². The number of rotatable bonds is 9. The molecule has 2 heterocycles. The summed E-state index contributed by atoms with van der Waals surface area (Å²) in [6.45, 7) is 4.36. The number of anilines is 1. The second-order valence-electron chi connectivity index (χ2n) is 6.27. The third-order valence-corrected chi connectivity index (χ3v) is 6.27. The number of hydrogen-bond acceptors (Lipinski definition) is 8. The summed E-state index contributed by atoms with van der Waals surface area (Å²) in [7, 11) is 1.38. The largest absolute Gasteiger partial charge is 0.469 e. The van der Waals surface area contributed by atoms with Crippen molar-refractivity contribution in [1.82, 2.24) is 14.8 Å². The molecule has 1 aliphatic rings. The summed E-state index contributed by atoms with van der Waals surface area (Å²) in [4.78, 5) is 24.0. The first kappa shape index (κ1) is 18.9. The summed E-state index contributed by atoms with van der Waals surface area (Å²) >= 11 is 2.89. The van der Waals surface area contributed by atoms with Gasteiger partial charge in [0.05, 0.1) is 19.3 Å². The number of carbonyl (C=O) groups is 2. The van der Waals surface area contributed by atoms with E-state index in [2.05, 4.69) is 20.3 Å². The third-order valence-electron chi connectivity index (χ3n) is 4.28. The van der Waals surface area contributed by atoms with Gasteiger partial charge in [-0.05, 0) is 32.8 Å². The van der Waals surface area contributed by atoms with Gasteiger partial charge in [-0.25, -0.2) is 0 Å². The van der Waals surface area contributed by atoms with E-state index in [4.69, 9.17) is 0 Å². The zero-order chi connectivity index (χ0) is 18.7. The van der Waals surface area contributed by atoms with E-state index in [1.54, 1.807) is 0 Å². The van der Waals surface area contributed by atoms with Crippen LogP contribution in [0.5, 0.6) is 0 Å². The minimum absolute atomic E-state index is 0.0549. The van der Waals surface area contributed by atoms with Gasteiger partial charge in [0.25, 0.3) is 0 Å². The minimum Gasteiger partial charge on any atom is -0.469 e. The van der Waals surface area contributed by atoms with Crippen molar-refractivity contribution < 1.29 is 14.3 Å². The molecule has 2 aromatic rings. The normalized spacial score (nSPS) is 13.7. The van der Waals surface area contributed by atoms with Gasteiger partial charge in [-0.1, -0.05) is 23.1 Å². The van der Waals surface area contributed by atoms with E-state index in [9.17, 15) is 9.59 Å². The molecule has 7 nitrogen and oxygen atoms in total. The number of nitrogens with one attached hydrogen (secondary N) is 1. The molecule has 0 spiro atoms. The van der Waals surface area contributed by atoms with Crippen molar-refractivity contribution >= 4 is 40.0 Å². The topological polar surface area (TPSA) is 86.1 Å². The number of nitrogens with zero attached hydrogens (tertiary/aromatic N) is 3. The number of hydrogen-bond donors (Lipinski definition) is 1. The summed E-state index contributed by atoms with van der Waals surface area (Å²) in [6, 6.07) is 2.42. The number of ketones is 1. The standard InChI is InChI=1S/C17H22N4O3S2/c1-10-8-13(11(2)21(10)7-6-15(23)24-3)14(22)9-25-17-20-19-16(26-17)18-12-4-5-12/h8,12H,4-7,9H2,1-3H3,(H,18,19). The fourth-order valence-electron chi connectivity index (χ4n) is 2.67. The molecule has 1 N–H and O–H groups in total. The van der Waals surface area contributed by atoms with Crippen LogP contribution < -0.4 is 5.32 Å². The molecule has 1 fully saturated rings. The second kappa shape index (κ2) is 8.22. The molecule has 0 bridgehead atoms. The number of methoxy groups -OCH3 is 1. The molecule has 0 aromatic carbocycles. The quantitative estimate of drug-likeness (QED) is 0.397. The van der Waals surface area contributed by atoms with Gasteiger partial charge in [0, 0.05) is 29.5 Å². The van der Waals surface area contributed by atoms with E-state index < -0.39 is 0 Å². The molecular weight excluding hydrogens is 372 g/mol. The molecule has 0 amide bonds. The van der Waals surface area contributed by atoms with Gasteiger partial charge in [0.2, 0.25) is 5.13 Å². The summed E-state index contributed by atoms with van der Waals surface area (Å²) in [5.74, 6) is 0.117. The first-order valence-electron chi connectivity index (χ1n) is 8.47. The summed E-state index contributed by atoms with van der Waals surface area (Å²) in [6.07, 6.45) is 2.66. The van der Waals surface area contributed by atoms with Gasteiger partial charge >= 0.3 is 5.97 Å². The Hall–Kier alpha value is -1.87. The lowest BCUT2D eigenvalue weighted by atomic mass is 10.2. The summed E-state index contributed by atoms with van der Waals surface area (Å²) < 4.78 is 7.46. The Morgan fingerprint density at radius 1 is 1.38 bits per heavy atom. The lowest BCUT2D eigenvalue weighted by Crippen LogP contribution is -2.10. The van der Waals surface area contributed by atoms with Crippen LogP contribution in [0.25, 0.3) is 0 Å². The van der Waals surface area contributed by atoms with E-state index >= 15 is 0 Å². The van der Waals surface area contributed by atoms with Gasteiger partial charge in [0.15, 0.2) is 10.1 Å². The van der Waals surface area contributed by atoms with Crippen LogP contribution in [0.15, 0.2) is 10.4 Å². The highest BCUT2D eigenvalue weighted by Gasteiger charge is 2.23. The van der Waals surface area contributed by atoms with E-state index in [0.29, 0.717) is 23.9 Å². The van der Waals surface area contributed by atoms with Crippen molar-refractivity contribution in [3.63, 3.8) is 0 Å². The molecule has 140 valence electrons. The molecule has 3 rings (SSSR count). The number of Topliss-reactive ketones (excluding diaryl/α,β-unsaturated/α-hetero) is 1. The maximum atomic E-state index is 12.6. The highest BCUT2D eigenvalue weighted by molar-refractivity contribution is 8.01. The molecule has 0 unspecified atom stereocenters. The first-order valence-corrected chi connectivity index (χ1v) is 10.3. The van der Waals surface area contributed by atoms with Gasteiger partial charge < -0.3 is 14.6 Å². The highest BCUT2D eigenvalue weighted by atomic mass is 32.2. The summed E-state index contributed by atoms with van der Waals surface area (Å²) in [5.41, 5.74) is 2.54. The molecule has 26 heavy (non-hydrogen) atoms. The third kappa shape index (κ3) is 4.64. The number of carbonyl (C=O) groups excluding carboxylic acids is 2. The highest BCUT2D eigenvalue weighted by Crippen LogP contribution is 2.30. The zero-order valence-electron chi connectivity index (χ0n) is 15.1. The predicted octanol–water partition coefficient (Wildman–Crippen LogP) is 3.07. The van der Waals surface area contributed by atoms with Crippen molar-refractivity contribution in [2.75, 3.05) is 18.2 Å². The van der Waals surface area contributed by atoms with Crippen LogP contribution in [0.2, 0.25) is 0 Å². The van der Waals surface area contributed by atoms with Crippen molar-refractivity contribution in [3.05, 3.63) is 23.0 Å². The van der Waals surface area contributed by atoms with Crippen LogP contribution in [0, 0.1) is 13.8 Å². The molecule has 0 radical (unpaired) electrons. The summed E-state index contributed by atoms with van der Waals surface area (Å²) in [5, 5.41) is 12.4. The molecule has 9 heteroatoms. The monoisotopic (exact) mass is 394 g/mol. The average Bonchev–Trinajstić information content (AvgIpc) is 3.25. The van der Waals surface area contributed by atoms with Crippen LogP contribution in [-0.2, 0) is 16.1 Å². The Labute approximate surface area is 160 Å². The Morgan fingerprint density at radius 3 is 2.85 bits per heavy atom. The number of esters is 1. The van der Waals surface area contributed by atoms with E-state index in [1.165, 1.54) is 43.1 Å². The van der Waals surface area contributed by atoms with Crippen LogP contribution in [0.1, 0.15) is 41.0 Å². The fraction of sp³-hybridized carbons (Fsp3) is 0.529. The van der Waals surface area contributed by atoms with E-state index in [-0.39, 0.29) is 18.2 Å². The first-order chi connectivity index (χ1) is 12.5. The van der Waals surface area contributed by atoms with Gasteiger partial charge in [-0.15, -0.1) is 10.2 Å². The molecule has 2 aromatic heterocycles. The van der Waals surface area contributed by atoms with Crippen LogP contribution in [0.4, 0.5) is 5.13 Å². The number of ether oxygens (including phenoxy) is 1. The molecule has 0 aliphatic heterocycles. The second-order valence-corrected chi connectivity index (χ2v) is 8.47. The Morgan fingerprint density at radius 2 is 2.15 bits per heavy atom. The SMILES string of the molecule is COC(=O)CCn1c(C)cc(C(=O)CSc2nnc(NC3CC3)s2)c1C. The average molecular weight is 395 g/mol. The van der Waals surface area contributed by atoms with Gasteiger partial charge in [-0.3, -0.25) is 9.59 Å². The Balaban J connectivity index is 1.58. The van der Waals surface area contributed by atoms with E-state index in [1.807, 2.05) is 24.5 Å². The molecule has 0 atom stereocenters. The Bertz CT molecular complexity index is 811. The predicted molar refractivity (Wildman–Crippen MR) is 102 cm³/mol. The zero-order valence-corrected chi connectivity index (χ0v) is 16.7. The van der Waals surface area contributed by atoms with Gasteiger partial charge in [0.1, 0.15) is 0 Å². The van der Waals surface area contributed by atoms with Crippen molar-refractivity contribution in [2.24, 2.45) is 0 Å². The van der Waals surface area contributed by atoms with E-state index in [0.717, 1.165) is 20.9 Å². The Kier molecular flexibility index (Phi) is 5.98. The number of thioether (sulfide) groups is 1. The number of aryl methyl sites for hydroxylation is 1. The maximum Gasteiger partial charge on any atom is 0.307 e. The van der Waals surface area contributed by atoms with Crippen molar-refractivity contribution in [1.29, 1.82) is 0 Å². The molecule has 1 saturated carbocycles. The maximum absolute atomic E-state index is 12.6. The molecule has 0 saturated heterocycles. The number of aromatic nitrogens is 3. The lowest BCUT2D eigenvalue weighted by molar-refractivity contribution is -0.140. The van der Waals surface area contributed by atoms with Crippen LogP contribution in [-0.4, -0.2) is 45.4 Å². The van der Waals surface area contributed by atoms with Crippen molar-refractivity contribution in [3.8, 4) is 0 Å². The fourth-order valence-corrected chi connectivity index (χ4v) is 4.38. The minimum atomic E-state index is -0.257.